The molecular formula is C17H10Cl2F3NO3. The van der Waals surface area contributed by atoms with Crippen LogP contribution in [0.15, 0.2) is 36.4 Å². The van der Waals surface area contributed by atoms with Crippen LogP contribution in [0.3, 0.4) is 0 Å². The molecule has 0 aliphatic carbocycles. The number of hydrogen-bond donors (Lipinski definition) is 2. The lowest BCUT2D eigenvalue weighted by Gasteiger charge is -2.12. The van der Waals surface area contributed by atoms with E-state index in [0.29, 0.717) is 10.9 Å². The molecule has 0 fully saturated rings. The Labute approximate surface area is 155 Å². The van der Waals surface area contributed by atoms with Crippen molar-refractivity contribution in [1.29, 1.82) is 0 Å². The van der Waals surface area contributed by atoms with Crippen molar-refractivity contribution in [2.45, 2.75) is 12.8 Å². The number of carbonyl (C=O) groups is 1. The van der Waals surface area contributed by atoms with Crippen LogP contribution < -0.4 is 4.74 Å². The lowest BCUT2D eigenvalue weighted by atomic mass is 10.1. The zero-order valence-electron chi connectivity index (χ0n) is 12.8. The third-order valence-electron chi connectivity index (χ3n) is 3.64. The fourth-order valence-corrected chi connectivity index (χ4v) is 3.05. The van der Waals surface area contributed by atoms with Gasteiger partial charge in [-0.15, -0.1) is 0 Å². The van der Waals surface area contributed by atoms with E-state index in [-0.39, 0.29) is 33.7 Å². The maximum atomic E-state index is 12.8. The monoisotopic (exact) mass is 403 g/mol. The maximum absolute atomic E-state index is 12.8. The Hall–Kier alpha value is -2.38. The Bertz CT molecular complexity index is 999. The minimum Gasteiger partial charge on any atom is -0.486 e. The number of carboxylic acids is 1. The van der Waals surface area contributed by atoms with Crippen molar-refractivity contribution >= 4 is 40.1 Å². The van der Waals surface area contributed by atoms with Crippen molar-refractivity contribution in [1.82, 2.24) is 4.98 Å². The molecule has 136 valence electrons. The summed E-state index contributed by atoms with van der Waals surface area (Å²) in [5.74, 6) is -1.10. The van der Waals surface area contributed by atoms with Crippen LogP contribution in [0.25, 0.3) is 10.9 Å². The van der Waals surface area contributed by atoms with Crippen LogP contribution in [0.4, 0.5) is 13.2 Å². The molecule has 26 heavy (non-hydrogen) atoms. The molecule has 0 amide bonds. The Morgan fingerprint density at radius 2 is 1.92 bits per heavy atom. The van der Waals surface area contributed by atoms with Gasteiger partial charge in [0.2, 0.25) is 0 Å². The Morgan fingerprint density at radius 3 is 2.58 bits per heavy atom. The van der Waals surface area contributed by atoms with Crippen molar-refractivity contribution in [3.63, 3.8) is 0 Å². The summed E-state index contributed by atoms with van der Waals surface area (Å²) >= 11 is 12.3. The molecule has 0 aliphatic rings. The predicted octanol–water partition coefficient (Wildman–Crippen LogP) is 5.77. The van der Waals surface area contributed by atoms with E-state index in [1.165, 1.54) is 24.3 Å². The number of ether oxygens (including phenoxy) is 1. The van der Waals surface area contributed by atoms with Gasteiger partial charge in [0, 0.05) is 10.9 Å². The lowest BCUT2D eigenvalue weighted by Crippen LogP contribution is -2.06. The lowest BCUT2D eigenvalue weighted by molar-refractivity contribution is -0.137. The van der Waals surface area contributed by atoms with Gasteiger partial charge < -0.3 is 14.8 Å². The number of aromatic carboxylic acids is 1. The van der Waals surface area contributed by atoms with Gasteiger partial charge in [-0.2, -0.15) is 13.2 Å². The van der Waals surface area contributed by atoms with Crippen molar-refractivity contribution in [3.8, 4) is 5.75 Å². The molecular weight excluding hydrogens is 394 g/mol. The average Bonchev–Trinajstić information content (AvgIpc) is 2.98. The highest BCUT2D eigenvalue weighted by atomic mass is 35.5. The van der Waals surface area contributed by atoms with Gasteiger partial charge in [-0.3, -0.25) is 0 Å². The number of nitrogens with one attached hydrogen (secondary N) is 1. The first-order valence-electron chi connectivity index (χ1n) is 7.20. The first kappa shape index (κ1) is 18.4. The van der Waals surface area contributed by atoms with Gasteiger partial charge in [0.15, 0.2) is 5.75 Å². The van der Waals surface area contributed by atoms with E-state index in [2.05, 4.69) is 4.98 Å². The predicted molar refractivity (Wildman–Crippen MR) is 91.1 cm³/mol. The van der Waals surface area contributed by atoms with E-state index in [4.69, 9.17) is 33.0 Å². The topological polar surface area (TPSA) is 62.3 Å². The van der Waals surface area contributed by atoms with E-state index in [9.17, 15) is 18.0 Å². The second kappa shape index (κ2) is 6.74. The quantitative estimate of drug-likeness (QED) is 0.580. The molecule has 2 N–H and O–H groups in total. The third kappa shape index (κ3) is 3.59. The SMILES string of the molecule is O=C(O)c1cc2c(Cl)c(OCc3cccc(C(F)(F)F)c3)c(Cl)cc2[nH]1. The number of H-pyrrole nitrogens is 1. The van der Waals surface area contributed by atoms with Crippen molar-refractivity contribution < 1.29 is 27.8 Å². The largest absolute Gasteiger partial charge is 0.486 e. The van der Waals surface area contributed by atoms with E-state index in [1.807, 2.05) is 0 Å². The molecule has 0 unspecified atom stereocenters. The Balaban J connectivity index is 1.91. The number of alkyl halides is 3. The maximum Gasteiger partial charge on any atom is 0.416 e. The summed E-state index contributed by atoms with van der Waals surface area (Å²) in [7, 11) is 0. The number of benzene rings is 2. The van der Waals surface area contributed by atoms with Crippen LogP contribution in [0.1, 0.15) is 21.6 Å². The zero-order chi connectivity index (χ0) is 19.1. The smallest absolute Gasteiger partial charge is 0.416 e. The van der Waals surface area contributed by atoms with E-state index >= 15 is 0 Å². The molecule has 2 aromatic carbocycles. The summed E-state index contributed by atoms with van der Waals surface area (Å²) in [5, 5.41) is 9.59. The molecule has 3 aromatic rings. The summed E-state index contributed by atoms with van der Waals surface area (Å²) < 4.78 is 43.8. The van der Waals surface area contributed by atoms with Crippen molar-refractivity contribution in [2.24, 2.45) is 0 Å². The number of aromatic amines is 1. The van der Waals surface area contributed by atoms with Gasteiger partial charge in [-0.25, -0.2) is 4.79 Å². The van der Waals surface area contributed by atoms with Crippen molar-refractivity contribution in [2.75, 3.05) is 0 Å². The molecule has 0 saturated carbocycles. The summed E-state index contributed by atoms with van der Waals surface area (Å²) in [6.45, 7) is -0.189. The third-order valence-corrected chi connectivity index (χ3v) is 4.30. The van der Waals surface area contributed by atoms with Crippen LogP contribution >= 0.6 is 23.2 Å². The van der Waals surface area contributed by atoms with Gasteiger partial charge in [0.1, 0.15) is 12.3 Å². The first-order valence-corrected chi connectivity index (χ1v) is 7.95. The Kier molecular flexibility index (Phi) is 4.77. The van der Waals surface area contributed by atoms with Gasteiger partial charge in [0.25, 0.3) is 0 Å². The van der Waals surface area contributed by atoms with Crippen LogP contribution in [0, 0.1) is 0 Å². The van der Waals surface area contributed by atoms with Crippen LogP contribution in [-0.2, 0) is 12.8 Å². The molecule has 4 nitrogen and oxygen atoms in total. The van der Waals surface area contributed by atoms with Crippen LogP contribution in [0.5, 0.6) is 5.75 Å². The molecule has 1 heterocycles. The highest BCUT2D eigenvalue weighted by Gasteiger charge is 2.30. The molecule has 0 aliphatic heterocycles. The zero-order valence-corrected chi connectivity index (χ0v) is 14.3. The molecule has 0 bridgehead atoms. The number of hydrogen-bond acceptors (Lipinski definition) is 2. The van der Waals surface area contributed by atoms with Gasteiger partial charge in [-0.1, -0.05) is 35.3 Å². The van der Waals surface area contributed by atoms with E-state index < -0.39 is 17.7 Å². The molecule has 0 atom stereocenters. The molecule has 1 aromatic heterocycles. The summed E-state index contributed by atoms with van der Waals surface area (Å²) in [4.78, 5) is 13.7. The first-order chi connectivity index (χ1) is 12.2. The molecule has 0 radical (unpaired) electrons. The molecule has 0 spiro atoms. The van der Waals surface area contributed by atoms with E-state index in [1.54, 1.807) is 0 Å². The minimum atomic E-state index is -4.46. The highest BCUT2D eigenvalue weighted by molar-refractivity contribution is 6.41. The number of carboxylic acid groups (broad SMARTS) is 1. The number of aromatic nitrogens is 1. The second-order valence-electron chi connectivity index (χ2n) is 5.44. The van der Waals surface area contributed by atoms with Gasteiger partial charge in [-0.05, 0) is 29.8 Å². The van der Waals surface area contributed by atoms with Crippen LogP contribution in [0.2, 0.25) is 10.0 Å². The van der Waals surface area contributed by atoms with E-state index in [0.717, 1.165) is 12.1 Å². The van der Waals surface area contributed by atoms with Crippen LogP contribution in [-0.4, -0.2) is 16.1 Å². The number of halogens is 5. The normalized spacial score (nSPS) is 11.7. The standard InChI is InChI=1S/C17H10Cl2F3NO3/c18-11-6-12-10(5-13(23-12)16(24)25)14(19)15(11)26-7-8-2-1-3-9(4-8)17(20,21)22/h1-6,23H,7H2,(H,24,25). The molecule has 0 saturated heterocycles. The fourth-order valence-electron chi connectivity index (χ4n) is 2.43. The minimum absolute atomic E-state index is 0.0641. The average molecular weight is 404 g/mol. The van der Waals surface area contributed by atoms with Gasteiger partial charge in [0.05, 0.1) is 15.6 Å². The molecule has 3 rings (SSSR count). The second-order valence-corrected chi connectivity index (χ2v) is 6.22. The Morgan fingerprint density at radius 1 is 1.19 bits per heavy atom. The fraction of sp³-hybridized carbons (Fsp3) is 0.118. The highest BCUT2D eigenvalue weighted by Crippen LogP contribution is 2.40. The number of rotatable bonds is 4. The summed E-state index contributed by atoms with van der Waals surface area (Å²) in [6, 6.07) is 7.46. The summed E-state index contributed by atoms with van der Waals surface area (Å²) in [5.41, 5.74) is -0.174. The molecule has 9 heteroatoms. The van der Waals surface area contributed by atoms with Gasteiger partial charge >= 0.3 is 12.1 Å². The van der Waals surface area contributed by atoms with Crippen molar-refractivity contribution in [3.05, 3.63) is 63.3 Å². The summed E-state index contributed by atoms with van der Waals surface area (Å²) in [6.07, 6.45) is -4.46. The number of fused-ring (bicyclic) bond motifs is 1.